The minimum Gasteiger partial charge on any atom is -0.508 e. The number of hydrogen-bond donors (Lipinski definition) is 7. The van der Waals surface area contributed by atoms with Crippen molar-refractivity contribution < 1.29 is 73.8 Å². The standard InChI is InChI=1S/C44H73NO15/c1-11-35-44(9,54)39(51)26(6)37(49)23(3)16-32(48)34(19-33(25(5)41(53)60-35)58-36-20-43(8,12-2)40(52)27(7)57-36)59-42-38(50)31(17-24(4)56-42)45(10)21-29(47)22-55-30-15-13-14-28(46)18-30/h13-15,18,23-27,29,31-36,38-40,42,46-48,50-52,54H,11-12,16-17,19-22H2,1-10H3/t23-,24-,25-,26+,27+,29?,31+,32-,33+,34-,35-,36?,38-,39-,40+,42?,43-,44-/m1/s1. The van der Waals surface area contributed by atoms with Gasteiger partial charge in [0.2, 0.25) is 0 Å². The second-order valence-corrected chi connectivity index (χ2v) is 18.2. The minimum atomic E-state index is -2.01. The van der Waals surface area contributed by atoms with E-state index >= 15 is 0 Å². The number of aliphatic hydroxyl groups excluding tert-OH is 5. The number of ether oxygens (including phenoxy) is 6. The summed E-state index contributed by atoms with van der Waals surface area (Å²) in [5.41, 5.74) is -2.59. The molecule has 16 heteroatoms. The molecule has 16 nitrogen and oxygen atoms in total. The number of phenolic OH excluding ortho intramolecular Hbond substituents is 1. The summed E-state index contributed by atoms with van der Waals surface area (Å²) >= 11 is 0. The van der Waals surface area contributed by atoms with Crippen molar-refractivity contribution in [2.75, 3.05) is 20.2 Å². The summed E-state index contributed by atoms with van der Waals surface area (Å²) < 4.78 is 37.0. The Bertz CT molecular complexity index is 1530. The van der Waals surface area contributed by atoms with E-state index in [0.717, 1.165) is 0 Å². The fourth-order valence-electron chi connectivity index (χ4n) is 8.95. The lowest BCUT2D eigenvalue weighted by atomic mass is 9.74. The molecule has 0 bridgehead atoms. The number of carbonyl (C=O) groups excluding carboxylic acids is 2. The number of nitrogens with zero attached hydrogens (tertiary/aromatic N) is 1. The number of aromatic hydroxyl groups is 1. The Morgan fingerprint density at radius 3 is 2.23 bits per heavy atom. The van der Waals surface area contributed by atoms with Crippen molar-refractivity contribution in [3.8, 4) is 11.5 Å². The lowest BCUT2D eigenvalue weighted by molar-refractivity contribution is -0.295. The summed E-state index contributed by atoms with van der Waals surface area (Å²) in [6.07, 6.45) is -11.7. The highest BCUT2D eigenvalue weighted by Crippen LogP contribution is 2.41. The second-order valence-electron chi connectivity index (χ2n) is 18.2. The highest BCUT2D eigenvalue weighted by atomic mass is 16.7. The molecule has 7 N–H and O–H groups in total. The summed E-state index contributed by atoms with van der Waals surface area (Å²) in [7, 11) is 1.74. The Kier molecular flexibility index (Phi) is 17.8. The Morgan fingerprint density at radius 1 is 0.917 bits per heavy atom. The number of hydrogen-bond acceptors (Lipinski definition) is 16. The van der Waals surface area contributed by atoms with E-state index in [1.165, 1.54) is 26.0 Å². The van der Waals surface area contributed by atoms with Crippen molar-refractivity contribution in [3.05, 3.63) is 24.3 Å². The summed E-state index contributed by atoms with van der Waals surface area (Å²) in [5, 5.41) is 78.4. The van der Waals surface area contributed by atoms with Gasteiger partial charge >= 0.3 is 5.97 Å². The van der Waals surface area contributed by atoms with Crippen LogP contribution in [0, 0.1) is 23.2 Å². The maximum absolute atomic E-state index is 14.1. The van der Waals surface area contributed by atoms with Gasteiger partial charge in [0, 0.05) is 48.7 Å². The maximum atomic E-state index is 14.1. The third-order valence-electron chi connectivity index (χ3n) is 13.2. The molecule has 18 atom stereocenters. The molecule has 3 aliphatic heterocycles. The number of rotatable bonds is 12. The molecule has 0 spiro atoms. The molecule has 0 radical (unpaired) electrons. The van der Waals surface area contributed by atoms with Crippen molar-refractivity contribution in [1.29, 1.82) is 0 Å². The number of esters is 1. The van der Waals surface area contributed by atoms with Gasteiger partial charge in [-0.25, -0.2) is 0 Å². The molecular formula is C44H73NO15. The summed E-state index contributed by atoms with van der Waals surface area (Å²) in [5.74, 6) is -3.77. The van der Waals surface area contributed by atoms with Crippen LogP contribution in [0.25, 0.3) is 0 Å². The van der Waals surface area contributed by atoms with Crippen LogP contribution in [0.3, 0.4) is 0 Å². The molecule has 1 aromatic carbocycles. The predicted molar refractivity (Wildman–Crippen MR) is 219 cm³/mol. The van der Waals surface area contributed by atoms with Crippen LogP contribution in [-0.2, 0) is 33.3 Å². The van der Waals surface area contributed by atoms with E-state index in [1.807, 2.05) is 20.8 Å². The van der Waals surface area contributed by atoms with Gasteiger partial charge in [0.1, 0.15) is 47.8 Å². The van der Waals surface area contributed by atoms with Gasteiger partial charge in [0.25, 0.3) is 0 Å². The number of phenols is 1. The number of likely N-dealkylation sites (N-methyl/N-ethyl adjacent to an activating group) is 1. The first kappa shape index (κ1) is 50.2. The first-order valence-corrected chi connectivity index (χ1v) is 21.6. The third-order valence-corrected chi connectivity index (χ3v) is 13.2. The molecule has 0 saturated carbocycles. The third kappa shape index (κ3) is 12.2. The first-order valence-electron chi connectivity index (χ1n) is 21.6. The molecule has 3 heterocycles. The fourth-order valence-corrected chi connectivity index (χ4v) is 8.95. The average Bonchev–Trinajstić information content (AvgIpc) is 3.19. The molecule has 0 aromatic heterocycles. The van der Waals surface area contributed by atoms with Gasteiger partial charge in [0.05, 0.1) is 48.6 Å². The number of ketones is 1. The van der Waals surface area contributed by atoms with Crippen molar-refractivity contribution >= 4 is 11.8 Å². The van der Waals surface area contributed by atoms with Gasteiger partial charge in [-0.15, -0.1) is 0 Å². The SMILES string of the molecule is CC[C@H]1OC(=O)[C@H](C)[C@@H](OC2C[C@@](C)(CC)[C@@H](O)[C@H](C)O2)C[C@@H](OC2O[C@H](C)C[C@H](N(C)CC(O)COc3cccc(O)c3)[C@H]2O)[C@H](O)C[C@@H](C)C(=O)[C@H](C)[C@@H](O)[C@]1(C)O. The lowest BCUT2D eigenvalue weighted by Crippen LogP contribution is -2.58. The topological polar surface area (TPSA) is 234 Å². The van der Waals surface area contributed by atoms with Crippen molar-refractivity contribution in [1.82, 2.24) is 4.90 Å². The van der Waals surface area contributed by atoms with E-state index in [9.17, 15) is 45.3 Å². The smallest absolute Gasteiger partial charge is 0.311 e. The number of aliphatic hydroxyl groups is 6. The summed E-state index contributed by atoms with van der Waals surface area (Å²) in [6.45, 7) is 15.2. The van der Waals surface area contributed by atoms with Crippen molar-refractivity contribution in [2.45, 2.75) is 186 Å². The summed E-state index contributed by atoms with van der Waals surface area (Å²) in [4.78, 5) is 29.6. The molecule has 0 amide bonds. The number of benzene rings is 1. The highest BCUT2D eigenvalue weighted by Gasteiger charge is 2.50. The van der Waals surface area contributed by atoms with Gasteiger partial charge in [0.15, 0.2) is 12.6 Å². The van der Waals surface area contributed by atoms with Crippen molar-refractivity contribution in [3.63, 3.8) is 0 Å². The van der Waals surface area contributed by atoms with E-state index in [-0.39, 0.29) is 44.6 Å². The van der Waals surface area contributed by atoms with Crippen molar-refractivity contribution in [2.24, 2.45) is 23.2 Å². The summed E-state index contributed by atoms with van der Waals surface area (Å²) in [6, 6.07) is 5.64. The number of Topliss-reactive ketones (excluding diaryl/α,β-unsaturated/α-hetero) is 1. The van der Waals surface area contributed by atoms with Crippen LogP contribution in [0.1, 0.15) is 101 Å². The lowest BCUT2D eigenvalue weighted by Gasteiger charge is -2.46. The Labute approximate surface area is 355 Å². The van der Waals surface area contributed by atoms with E-state index in [1.54, 1.807) is 51.8 Å². The van der Waals surface area contributed by atoms with Crippen LogP contribution in [-0.4, -0.2) is 158 Å². The fraction of sp³-hybridized carbons (Fsp3) is 0.818. The number of cyclic esters (lactones) is 1. The van der Waals surface area contributed by atoms with Crippen LogP contribution in [0.4, 0.5) is 0 Å². The molecule has 1 aromatic rings. The normalized spacial score (nSPS) is 42.0. The van der Waals surface area contributed by atoms with E-state index < -0.39 is 120 Å². The Hall–Kier alpha value is -2.48. The van der Waals surface area contributed by atoms with Crippen LogP contribution >= 0.6 is 0 Å². The van der Waals surface area contributed by atoms with Crippen LogP contribution in [0.15, 0.2) is 24.3 Å². The average molecular weight is 856 g/mol. The van der Waals surface area contributed by atoms with Gasteiger partial charge in [-0.1, -0.05) is 40.7 Å². The van der Waals surface area contributed by atoms with Crippen LogP contribution in [0.5, 0.6) is 11.5 Å². The molecular weight excluding hydrogens is 782 g/mol. The quantitative estimate of drug-likeness (QED) is 0.150. The second kappa shape index (κ2) is 21.3. The molecule has 0 aliphatic carbocycles. The first-order chi connectivity index (χ1) is 28.0. The molecule has 3 unspecified atom stereocenters. The zero-order chi connectivity index (χ0) is 44.9. The van der Waals surface area contributed by atoms with E-state index in [2.05, 4.69) is 0 Å². The molecule has 60 heavy (non-hydrogen) atoms. The monoisotopic (exact) mass is 855 g/mol. The molecule has 3 saturated heterocycles. The van der Waals surface area contributed by atoms with E-state index in [4.69, 9.17) is 28.4 Å². The van der Waals surface area contributed by atoms with Gasteiger partial charge in [-0.2, -0.15) is 0 Å². The molecule has 4 rings (SSSR count). The Balaban J connectivity index is 1.65. The van der Waals surface area contributed by atoms with Gasteiger partial charge in [-0.05, 0) is 72.6 Å². The minimum absolute atomic E-state index is 0.0272. The van der Waals surface area contributed by atoms with Crippen LogP contribution < -0.4 is 4.74 Å². The number of carbonyl (C=O) groups is 2. The Morgan fingerprint density at radius 2 is 1.60 bits per heavy atom. The molecule has 3 aliphatic rings. The molecule has 3 fully saturated rings. The van der Waals surface area contributed by atoms with Gasteiger partial charge < -0.3 is 64.2 Å². The zero-order valence-electron chi connectivity index (χ0n) is 37.0. The van der Waals surface area contributed by atoms with E-state index in [0.29, 0.717) is 18.6 Å². The van der Waals surface area contributed by atoms with Crippen LogP contribution in [0.2, 0.25) is 0 Å². The van der Waals surface area contributed by atoms with Gasteiger partial charge in [-0.3, -0.25) is 14.5 Å². The largest absolute Gasteiger partial charge is 0.508 e. The highest BCUT2D eigenvalue weighted by molar-refractivity contribution is 5.83. The zero-order valence-corrected chi connectivity index (χ0v) is 37.0. The maximum Gasteiger partial charge on any atom is 0.311 e. The molecule has 344 valence electrons. The predicted octanol–water partition coefficient (Wildman–Crippen LogP) is 2.68.